The molecule has 0 unspecified atom stereocenters. The molecule has 0 amide bonds. The number of allylic oxidation sites excluding steroid dienone is 8. The molecule has 0 spiro atoms. The minimum atomic E-state index is 1.10. The van der Waals surface area contributed by atoms with Crippen LogP contribution in [-0.4, -0.2) is 0 Å². The third-order valence-corrected chi connectivity index (χ3v) is 3.86. The van der Waals surface area contributed by atoms with E-state index in [0.29, 0.717) is 0 Å². The van der Waals surface area contributed by atoms with Gasteiger partial charge in [-0.1, -0.05) is 0 Å². The molecule has 0 aromatic carbocycles. The van der Waals surface area contributed by atoms with E-state index in [9.17, 15) is 0 Å². The Morgan fingerprint density at radius 2 is 1.79 bits per heavy atom. The monoisotopic (exact) mass is 263 g/mol. The standard InChI is InChI=1S/C13H17.Zr/c1-5-10(2)11(3)12(4)13-8-6-7-9-13;/h6-8H,9H2,1-4H3;. The first-order valence-electron chi connectivity index (χ1n) is 4.97. The molecule has 1 aliphatic rings. The summed E-state index contributed by atoms with van der Waals surface area (Å²) in [6.07, 6.45) is 7.70. The zero-order chi connectivity index (χ0) is 10.7. The van der Waals surface area contributed by atoms with Crippen LogP contribution >= 0.6 is 0 Å². The van der Waals surface area contributed by atoms with Crippen molar-refractivity contribution in [3.8, 4) is 0 Å². The Labute approximate surface area is 102 Å². The first-order chi connectivity index (χ1) is 6.54. The van der Waals surface area contributed by atoms with E-state index in [0.717, 1.165) is 6.42 Å². The molecule has 0 aromatic heterocycles. The van der Waals surface area contributed by atoms with Gasteiger partial charge in [0.25, 0.3) is 0 Å². The second-order valence-electron chi connectivity index (χ2n) is 3.82. The second kappa shape index (κ2) is 5.07. The summed E-state index contributed by atoms with van der Waals surface area (Å²) in [5, 5.41) is 0. The Balaban J connectivity index is 3.00. The molecule has 0 heterocycles. The molecular weight excluding hydrogens is 247 g/mol. The van der Waals surface area contributed by atoms with Crippen molar-refractivity contribution in [2.24, 2.45) is 0 Å². The summed E-state index contributed by atoms with van der Waals surface area (Å²) >= 11 is 1.52. The predicted octanol–water partition coefficient (Wildman–Crippen LogP) is 4.05. The molecule has 73 valence electrons. The Morgan fingerprint density at radius 1 is 1.14 bits per heavy atom. The van der Waals surface area contributed by atoms with E-state index in [4.69, 9.17) is 0 Å². The molecule has 0 aliphatic heterocycles. The molecule has 0 bridgehead atoms. The molecule has 1 heteroatoms. The fraction of sp³-hybridized carbons (Fsp3) is 0.385. The van der Waals surface area contributed by atoms with Crippen LogP contribution in [0.25, 0.3) is 0 Å². The van der Waals surface area contributed by atoms with Crippen molar-refractivity contribution >= 4 is 0 Å². The van der Waals surface area contributed by atoms with Crippen LogP contribution in [0.2, 0.25) is 0 Å². The zero-order valence-corrected chi connectivity index (χ0v) is 11.9. The molecule has 0 saturated carbocycles. The molecular formula is C13H17Zr. The topological polar surface area (TPSA) is 0 Å². The van der Waals surface area contributed by atoms with E-state index in [-0.39, 0.29) is 0 Å². The normalized spacial score (nSPS) is 18.9. The summed E-state index contributed by atoms with van der Waals surface area (Å²) in [5.41, 5.74) is 5.84. The van der Waals surface area contributed by atoms with Crippen LogP contribution in [0.1, 0.15) is 34.1 Å². The van der Waals surface area contributed by atoms with Gasteiger partial charge in [0.15, 0.2) is 0 Å². The molecule has 0 fully saturated rings. The summed E-state index contributed by atoms with van der Waals surface area (Å²) in [5.74, 6) is 0. The molecule has 1 rings (SSSR count). The SMILES string of the molecule is C[C]([Zr])=C(C)C(C)=C(C)C1=CC=CC1. The van der Waals surface area contributed by atoms with Crippen LogP contribution in [0.5, 0.6) is 0 Å². The van der Waals surface area contributed by atoms with Gasteiger partial charge in [0, 0.05) is 0 Å². The summed E-state index contributed by atoms with van der Waals surface area (Å²) in [7, 11) is 0. The molecule has 1 aliphatic carbocycles. The van der Waals surface area contributed by atoms with Crippen LogP contribution in [-0.2, 0) is 24.7 Å². The van der Waals surface area contributed by atoms with Crippen LogP contribution in [0.3, 0.4) is 0 Å². The van der Waals surface area contributed by atoms with Crippen molar-refractivity contribution in [3.63, 3.8) is 0 Å². The Hall–Kier alpha value is -0.157. The summed E-state index contributed by atoms with van der Waals surface area (Å²) < 4.78 is 1.50. The first-order valence-corrected chi connectivity index (χ1v) is 6.20. The van der Waals surface area contributed by atoms with Crippen molar-refractivity contribution in [1.82, 2.24) is 0 Å². The van der Waals surface area contributed by atoms with Gasteiger partial charge in [-0.05, 0) is 0 Å². The van der Waals surface area contributed by atoms with Crippen LogP contribution in [0, 0.1) is 0 Å². The van der Waals surface area contributed by atoms with E-state index >= 15 is 0 Å². The quantitative estimate of drug-likeness (QED) is 0.660. The minimum absolute atomic E-state index is 1.10. The maximum atomic E-state index is 2.23. The number of hydrogen-bond donors (Lipinski definition) is 0. The zero-order valence-electron chi connectivity index (χ0n) is 9.44. The predicted molar refractivity (Wildman–Crippen MR) is 58.6 cm³/mol. The molecule has 0 nitrogen and oxygen atoms in total. The fourth-order valence-electron chi connectivity index (χ4n) is 1.53. The van der Waals surface area contributed by atoms with Crippen molar-refractivity contribution in [3.05, 3.63) is 43.8 Å². The summed E-state index contributed by atoms with van der Waals surface area (Å²) in [6.45, 7) is 8.91. The first kappa shape index (κ1) is 11.9. The number of hydrogen-bond acceptors (Lipinski definition) is 0. The van der Waals surface area contributed by atoms with Gasteiger partial charge in [-0.3, -0.25) is 0 Å². The fourth-order valence-corrected chi connectivity index (χ4v) is 1.99. The van der Waals surface area contributed by atoms with Crippen molar-refractivity contribution in [2.45, 2.75) is 34.1 Å². The molecule has 14 heavy (non-hydrogen) atoms. The second-order valence-corrected chi connectivity index (χ2v) is 5.67. The van der Waals surface area contributed by atoms with Crippen LogP contribution in [0.15, 0.2) is 43.8 Å². The molecule has 0 N–H and O–H groups in total. The van der Waals surface area contributed by atoms with Gasteiger partial charge < -0.3 is 0 Å². The third kappa shape index (κ3) is 2.67. The molecule has 0 aromatic rings. The van der Waals surface area contributed by atoms with E-state index in [2.05, 4.69) is 45.9 Å². The summed E-state index contributed by atoms with van der Waals surface area (Å²) in [4.78, 5) is 0. The van der Waals surface area contributed by atoms with E-state index in [1.54, 1.807) is 0 Å². The van der Waals surface area contributed by atoms with Gasteiger partial charge in [-0.15, -0.1) is 0 Å². The van der Waals surface area contributed by atoms with Gasteiger partial charge in [0.1, 0.15) is 0 Å². The molecule has 0 atom stereocenters. The van der Waals surface area contributed by atoms with Crippen LogP contribution in [0.4, 0.5) is 0 Å². The van der Waals surface area contributed by atoms with Crippen molar-refractivity contribution in [1.29, 1.82) is 0 Å². The average molecular weight is 265 g/mol. The van der Waals surface area contributed by atoms with E-state index in [1.165, 1.54) is 50.3 Å². The van der Waals surface area contributed by atoms with E-state index in [1.807, 2.05) is 0 Å². The maximum absolute atomic E-state index is 2.23. The van der Waals surface area contributed by atoms with Crippen molar-refractivity contribution in [2.75, 3.05) is 0 Å². The van der Waals surface area contributed by atoms with E-state index < -0.39 is 0 Å². The van der Waals surface area contributed by atoms with Crippen LogP contribution < -0.4 is 0 Å². The number of rotatable bonds is 2. The third-order valence-electron chi connectivity index (χ3n) is 2.94. The van der Waals surface area contributed by atoms with Gasteiger partial charge in [0.2, 0.25) is 0 Å². The van der Waals surface area contributed by atoms with Gasteiger partial charge in [-0.25, -0.2) is 0 Å². The molecule has 0 radical (unpaired) electrons. The average Bonchev–Trinajstić information content (AvgIpc) is 2.67. The Morgan fingerprint density at radius 3 is 2.21 bits per heavy atom. The Kier molecular flexibility index (Phi) is 4.32. The van der Waals surface area contributed by atoms with Gasteiger partial charge in [0.05, 0.1) is 0 Å². The van der Waals surface area contributed by atoms with Gasteiger partial charge >= 0.3 is 103 Å². The summed E-state index contributed by atoms with van der Waals surface area (Å²) in [6, 6.07) is 0. The molecule has 0 saturated heterocycles. The van der Waals surface area contributed by atoms with Gasteiger partial charge in [-0.2, -0.15) is 0 Å². The van der Waals surface area contributed by atoms with Crippen molar-refractivity contribution < 1.29 is 24.7 Å². The Bertz CT molecular complexity index is 347.